The number of pyridine rings is 1. The van der Waals surface area contributed by atoms with Gasteiger partial charge in [0.25, 0.3) is 0 Å². The summed E-state index contributed by atoms with van der Waals surface area (Å²) < 4.78 is 5.23. The Kier molecular flexibility index (Phi) is 4.39. The third-order valence-electron chi connectivity index (χ3n) is 8.10. The number of carbonyl (C=O) groups is 2. The number of nitrogens with zero attached hydrogens (tertiary/aromatic N) is 2. The van der Waals surface area contributed by atoms with Crippen molar-refractivity contribution in [3.8, 4) is 5.75 Å². The van der Waals surface area contributed by atoms with Gasteiger partial charge >= 0.3 is 4.87 Å². The number of thiazole rings is 1. The highest BCUT2D eigenvalue weighted by atomic mass is 32.2. The molecule has 2 amide bonds. The molecule has 3 aromatic rings. The molecule has 2 saturated carbocycles. The Balaban J connectivity index is 1.30. The molecule has 34 heavy (non-hydrogen) atoms. The van der Waals surface area contributed by atoms with Crippen molar-refractivity contribution < 1.29 is 14.3 Å². The number of nitrogens with one attached hydrogen (secondary N) is 1. The Hall–Kier alpha value is -2.91. The molecule has 2 bridgehead atoms. The lowest BCUT2D eigenvalue weighted by atomic mass is 9.68. The molecule has 7 nitrogen and oxygen atoms in total. The van der Waals surface area contributed by atoms with Gasteiger partial charge < -0.3 is 9.72 Å². The molecule has 172 valence electrons. The minimum absolute atomic E-state index is 0.00721. The van der Waals surface area contributed by atoms with E-state index < -0.39 is 0 Å². The van der Waals surface area contributed by atoms with Crippen molar-refractivity contribution in [1.82, 2.24) is 9.97 Å². The molecular weight excluding hydrogens is 470 g/mol. The fourth-order valence-corrected chi connectivity index (χ4v) is 9.82. The average Bonchev–Trinajstić information content (AvgIpc) is 3.58. The quantitative estimate of drug-likeness (QED) is 0.564. The standard InChI is InChI=1S/C25H21N3O4S2/c1-32-13-6-4-12(5-7-13)28-23(29)18-14-9-15(19(18)24(28)30)20-17(14)16(11-3-2-8-26-10-11)21-22(33-20)27-25(31)34-21/h2-8,10,14-20H,9H2,1H3,(H,27,31)/t14-,15-,16-,17-,18+,19-,20+/m1/s1. The average molecular weight is 492 g/mol. The van der Waals surface area contributed by atoms with E-state index in [-0.39, 0.29) is 57.4 Å². The third-order valence-corrected chi connectivity index (χ3v) is 10.7. The van der Waals surface area contributed by atoms with Crippen molar-refractivity contribution in [2.45, 2.75) is 22.6 Å². The van der Waals surface area contributed by atoms with Crippen LogP contribution >= 0.6 is 23.1 Å². The Bertz CT molecular complexity index is 1370. The van der Waals surface area contributed by atoms with Gasteiger partial charge in [0.05, 0.1) is 29.7 Å². The van der Waals surface area contributed by atoms with Crippen LogP contribution in [-0.2, 0) is 9.59 Å². The highest BCUT2D eigenvalue weighted by Gasteiger charge is 2.69. The maximum atomic E-state index is 13.7. The second-order valence-corrected chi connectivity index (χ2v) is 11.7. The number of benzene rings is 1. The molecular formula is C25H21N3O4S2. The van der Waals surface area contributed by atoms with Crippen LogP contribution in [0, 0.1) is 29.6 Å². The molecule has 0 spiro atoms. The van der Waals surface area contributed by atoms with Crippen molar-refractivity contribution in [2.24, 2.45) is 29.6 Å². The van der Waals surface area contributed by atoms with Crippen LogP contribution in [0.3, 0.4) is 0 Å². The van der Waals surface area contributed by atoms with Crippen molar-refractivity contribution in [1.29, 1.82) is 0 Å². The molecule has 7 rings (SSSR count). The van der Waals surface area contributed by atoms with Crippen LogP contribution in [0.25, 0.3) is 0 Å². The van der Waals surface area contributed by atoms with E-state index in [1.165, 1.54) is 16.2 Å². The van der Waals surface area contributed by atoms with E-state index in [9.17, 15) is 14.4 Å². The third kappa shape index (κ3) is 2.65. The van der Waals surface area contributed by atoms with Crippen molar-refractivity contribution in [3.63, 3.8) is 0 Å². The summed E-state index contributed by atoms with van der Waals surface area (Å²) in [4.78, 5) is 49.4. The normalized spacial score (nSPS) is 33.1. The molecule has 9 heteroatoms. The van der Waals surface area contributed by atoms with Crippen LogP contribution in [0.4, 0.5) is 5.69 Å². The van der Waals surface area contributed by atoms with Crippen LogP contribution in [0.15, 0.2) is 58.6 Å². The molecule has 4 heterocycles. The number of H-pyrrole nitrogens is 1. The summed E-state index contributed by atoms with van der Waals surface area (Å²) in [5.41, 5.74) is 1.68. The zero-order valence-electron chi connectivity index (χ0n) is 18.2. The Labute approximate surface area is 203 Å². The van der Waals surface area contributed by atoms with E-state index in [1.54, 1.807) is 49.3 Å². The summed E-state index contributed by atoms with van der Waals surface area (Å²) in [5.74, 6) is 0.309. The number of rotatable bonds is 3. The molecule has 7 atom stereocenters. The van der Waals surface area contributed by atoms with Gasteiger partial charge in [0, 0.05) is 28.4 Å². The zero-order chi connectivity index (χ0) is 23.1. The highest BCUT2D eigenvalue weighted by molar-refractivity contribution is 8.00. The van der Waals surface area contributed by atoms with E-state index in [4.69, 9.17) is 4.74 Å². The smallest absolute Gasteiger partial charge is 0.305 e. The molecule has 1 aromatic carbocycles. The molecule has 0 radical (unpaired) electrons. The molecule has 4 aliphatic rings. The number of aromatic nitrogens is 2. The van der Waals surface area contributed by atoms with E-state index in [0.717, 1.165) is 21.9 Å². The largest absolute Gasteiger partial charge is 0.497 e. The number of amides is 2. The first-order valence-corrected chi connectivity index (χ1v) is 13.1. The van der Waals surface area contributed by atoms with Gasteiger partial charge in [-0.1, -0.05) is 17.4 Å². The first-order valence-electron chi connectivity index (χ1n) is 11.4. The first-order chi connectivity index (χ1) is 16.6. The summed E-state index contributed by atoms with van der Waals surface area (Å²) >= 11 is 2.96. The number of hydrogen-bond acceptors (Lipinski definition) is 7. The van der Waals surface area contributed by atoms with Crippen LogP contribution in [-0.4, -0.2) is 34.1 Å². The number of aromatic amines is 1. The van der Waals surface area contributed by atoms with Gasteiger partial charge in [-0.15, -0.1) is 11.8 Å². The van der Waals surface area contributed by atoms with Crippen LogP contribution in [0.2, 0.25) is 0 Å². The molecule has 3 fully saturated rings. The van der Waals surface area contributed by atoms with Gasteiger partial charge in [0.15, 0.2) is 0 Å². The number of imide groups is 1. The van der Waals surface area contributed by atoms with Gasteiger partial charge in [-0.25, -0.2) is 0 Å². The number of anilines is 1. The number of carbonyl (C=O) groups excluding carboxylic acids is 2. The first kappa shape index (κ1) is 20.5. The number of methoxy groups -OCH3 is 1. The highest BCUT2D eigenvalue weighted by Crippen LogP contribution is 2.68. The predicted molar refractivity (Wildman–Crippen MR) is 128 cm³/mol. The molecule has 1 N–H and O–H groups in total. The van der Waals surface area contributed by atoms with Crippen molar-refractivity contribution >= 4 is 40.6 Å². The zero-order valence-corrected chi connectivity index (χ0v) is 19.8. The summed E-state index contributed by atoms with van der Waals surface area (Å²) in [7, 11) is 1.59. The maximum Gasteiger partial charge on any atom is 0.305 e. The SMILES string of the molecule is COc1ccc(N2C(=O)[C@@H]3[C@H]4C[C@@H]([C@@H]3C2=O)[C@@H]2[C@@H](c3cccnc3)c3sc(=O)[nH]c3S[C@@H]42)cc1. The van der Waals surface area contributed by atoms with Gasteiger partial charge in [-0.2, -0.15) is 0 Å². The topological polar surface area (TPSA) is 92.4 Å². The van der Waals surface area contributed by atoms with E-state index in [2.05, 4.69) is 16.0 Å². The van der Waals surface area contributed by atoms with Crippen LogP contribution in [0.5, 0.6) is 5.75 Å². The van der Waals surface area contributed by atoms with Gasteiger partial charge in [-0.3, -0.25) is 24.3 Å². The number of ether oxygens (including phenoxy) is 1. The molecule has 2 aliphatic heterocycles. The summed E-state index contributed by atoms with van der Waals surface area (Å²) in [6.45, 7) is 0. The lowest BCUT2D eigenvalue weighted by Crippen LogP contribution is -2.42. The van der Waals surface area contributed by atoms with Gasteiger partial charge in [-0.05, 0) is 60.1 Å². The fraction of sp³-hybridized carbons (Fsp3) is 0.360. The fourth-order valence-electron chi connectivity index (χ4n) is 6.94. The lowest BCUT2D eigenvalue weighted by molar-refractivity contribution is -0.123. The monoisotopic (exact) mass is 491 g/mol. The van der Waals surface area contributed by atoms with Crippen molar-refractivity contribution in [2.75, 3.05) is 12.0 Å². The number of fused-ring (bicyclic) bond motifs is 9. The van der Waals surface area contributed by atoms with E-state index in [0.29, 0.717) is 11.4 Å². The van der Waals surface area contributed by atoms with Crippen LogP contribution < -0.4 is 14.5 Å². The second kappa shape index (κ2) is 7.29. The molecule has 2 aromatic heterocycles. The van der Waals surface area contributed by atoms with E-state index >= 15 is 0 Å². The Morgan fingerprint density at radius 3 is 2.53 bits per heavy atom. The Morgan fingerprint density at radius 2 is 1.82 bits per heavy atom. The maximum absolute atomic E-state index is 13.7. The lowest BCUT2D eigenvalue weighted by Gasteiger charge is -2.42. The molecule has 0 unspecified atom stereocenters. The molecule has 1 saturated heterocycles. The number of thioether (sulfide) groups is 1. The van der Waals surface area contributed by atoms with E-state index in [1.807, 2.05) is 12.3 Å². The predicted octanol–water partition coefficient (Wildman–Crippen LogP) is 3.52. The Morgan fingerprint density at radius 1 is 1.06 bits per heavy atom. The summed E-state index contributed by atoms with van der Waals surface area (Å²) in [6, 6.07) is 11.1. The number of hydrogen-bond donors (Lipinski definition) is 1. The van der Waals surface area contributed by atoms with Crippen LogP contribution in [0.1, 0.15) is 22.8 Å². The summed E-state index contributed by atoms with van der Waals surface area (Å²) in [6.07, 6.45) is 4.50. The summed E-state index contributed by atoms with van der Waals surface area (Å²) in [5, 5.41) is 1.10. The minimum atomic E-state index is -0.308. The van der Waals surface area contributed by atoms with Gasteiger partial charge in [0.1, 0.15) is 5.75 Å². The second-order valence-electron chi connectivity index (χ2n) is 9.46. The van der Waals surface area contributed by atoms with Crippen molar-refractivity contribution in [3.05, 3.63) is 68.9 Å². The molecule has 2 aliphatic carbocycles. The minimum Gasteiger partial charge on any atom is -0.497 e. The van der Waals surface area contributed by atoms with Gasteiger partial charge in [0.2, 0.25) is 11.8 Å².